The van der Waals surface area contributed by atoms with Gasteiger partial charge in [-0.15, -0.1) is 0 Å². The maximum absolute atomic E-state index is 12.3. The largest absolute Gasteiger partial charge is 0.493 e. The van der Waals surface area contributed by atoms with Gasteiger partial charge < -0.3 is 19.7 Å². The van der Waals surface area contributed by atoms with Crippen molar-refractivity contribution in [3.8, 4) is 17.6 Å². The van der Waals surface area contributed by atoms with Gasteiger partial charge in [0, 0.05) is 13.5 Å². The van der Waals surface area contributed by atoms with E-state index in [4.69, 9.17) is 9.47 Å². The summed E-state index contributed by atoms with van der Waals surface area (Å²) in [5.74, 6) is 0.507. The maximum Gasteiger partial charge on any atom is 0.240 e. The first-order valence-electron chi connectivity index (χ1n) is 8.25. The van der Waals surface area contributed by atoms with Crippen molar-refractivity contribution in [3.05, 3.63) is 53.6 Å². The average molecular weight is 367 g/mol. The van der Waals surface area contributed by atoms with Crippen molar-refractivity contribution in [1.82, 2.24) is 5.32 Å². The first kappa shape index (κ1) is 19.8. The highest BCUT2D eigenvalue weighted by Gasteiger charge is 2.18. The number of rotatable bonds is 7. The number of carbonyl (C=O) groups excluding carboxylic acids is 2. The first-order valence-corrected chi connectivity index (χ1v) is 8.25. The number of nitrogens with one attached hydrogen (secondary N) is 1. The summed E-state index contributed by atoms with van der Waals surface area (Å²) >= 11 is 0. The van der Waals surface area contributed by atoms with Gasteiger partial charge in [-0.2, -0.15) is 5.26 Å². The van der Waals surface area contributed by atoms with Crippen molar-refractivity contribution < 1.29 is 19.1 Å². The molecular weight excluding hydrogens is 346 g/mol. The van der Waals surface area contributed by atoms with E-state index in [-0.39, 0.29) is 24.9 Å². The van der Waals surface area contributed by atoms with Crippen LogP contribution in [0.3, 0.4) is 0 Å². The standard InChI is InChI=1S/C20H21N3O4/c1-14(24)23(17-7-5-4-6-16(17)11-21)13-20(25)22-12-15-8-9-18(26-2)19(10-15)27-3/h4-10H,12-13H2,1-3H3,(H,22,25). The number of hydrogen-bond donors (Lipinski definition) is 1. The molecule has 0 unspecified atom stereocenters. The van der Waals surface area contributed by atoms with Crippen molar-refractivity contribution in [1.29, 1.82) is 5.26 Å². The second kappa shape index (κ2) is 9.25. The van der Waals surface area contributed by atoms with Crippen LogP contribution in [0.2, 0.25) is 0 Å². The molecule has 0 bridgehead atoms. The van der Waals surface area contributed by atoms with Gasteiger partial charge in [-0.1, -0.05) is 18.2 Å². The highest BCUT2D eigenvalue weighted by atomic mass is 16.5. The highest BCUT2D eigenvalue weighted by molar-refractivity contribution is 5.98. The molecule has 0 aliphatic carbocycles. The Morgan fingerprint density at radius 1 is 1.11 bits per heavy atom. The lowest BCUT2D eigenvalue weighted by Crippen LogP contribution is -2.40. The molecule has 7 nitrogen and oxygen atoms in total. The van der Waals surface area contributed by atoms with Crippen molar-refractivity contribution in [2.45, 2.75) is 13.5 Å². The van der Waals surface area contributed by atoms with Crippen LogP contribution in [0.25, 0.3) is 0 Å². The molecule has 0 fully saturated rings. The van der Waals surface area contributed by atoms with Crippen LogP contribution in [0, 0.1) is 11.3 Å². The number of hydrogen-bond acceptors (Lipinski definition) is 5. The lowest BCUT2D eigenvalue weighted by Gasteiger charge is -2.21. The number of carbonyl (C=O) groups is 2. The third kappa shape index (κ3) is 4.98. The third-order valence-corrected chi connectivity index (χ3v) is 3.93. The van der Waals surface area contributed by atoms with E-state index in [9.17, 15) is 14.9 Å². The molecule has 2 amide bonds. The topological polar surface area (TPSA) is 91.7 Å². The Labute approximate surface area is 158 Å². The zero-order valence-corrected chi connectivity index (χ0v) is 15.5. The number of anilines is 1. The molecule has 2 rings (SSSR count). The van der Waals surface area contributed by atoms with Gasteiger partial charge in [0.1, 0.15) is 12.6 Å². The Kier molecular flexibility index (Phi) is 6.78. The lowest BCUT2D eigenvalue weighted by atomic mass is 10.1. The monoisotopic (exact) mass is 367 g/mol. The average Bonchev–Trinajstić information content (AvgIpc) is 2.69. The normalized spacial score (nSPS) is 9.85. The number of nitriles is 1. The molecule has 0 aliphatic rings. The van der Waals surface area contributed by atoms with Crippen LogP contribution in [0.1, 0.15) is 18.1 Å². The summed E-state index contributed by atoms with van der Waals surface area (Å²) in [6.45, 7) is 1.45. The molecule has 2 aromatic carbocycles. The minimum Gasteiger partial charge on any atom is -0.493 e. The molecule has 0 heterocycles. The zero-order valence-electron chi connectivity index (χ0n) is 15.5. The molecular formula is C20H21N3O4. The second-order valence-corrected chi connectivity index (χ2v) is 5.70. The van der Waals surface area contributed by atoms with Crippen LogP contribution in [-0.2, 0) is 16.1 Å². The van der Waals surface area contributed by atoms with Crippen LogP contribution in [0.4, 0.5) is 5.69 Å². The van der Waals surface area contributed by atoms with Crippen molar-refractivity contribution >= 4 is 17.5 Å². The minimum atomic E-state index is -0.340. The van der Waals surface area contributed by atoms with Crippen molar-refractivity contribution in [3.63, 3.8) is 0 Å². The number of nitrogens with zero attached hydrogens (tertiary/aromatic N) is 2. The molecule has 1 N–H and O–H groups in total. The molecule has 0 radical (unpaired) electrons. The molecule has 140 valence electrons. The predicted molar refractivity (Wildman–Crippen MR) is 101 cm³/mol. The Balaban J connectivity index is 2.07. The van der Waals surface area contributed by atoms with Gasteiger partial charge in [0.05, 0.1) is 25.5 Å². The molecule has 0 spiro atoms. The van der Waals surface area contributed by atoms with Gasteiger partial charge in [0.25, 0.3) is 0 Å². The summed E-state index contributed by atoms with van der Waals surface area (Å²) in [5, 5.41) is 12.0. The molecule has 0 saturated heterocycles. The van der Waals surface area contributed by atoms with Crippen LogP contribution in [0.5, 0.6) is 11.5 Å². The van der Waals surface area contributed by atoms with Gasteiger partial charge in [-0.25, -0.2) is 0 Å². The first-order chi connectivity index (χ1) is 13.0. The predicted octanol–water partition coefficient (Wildman–Crippen LogP) is 2.24. The lowest BCUT2D eigenvalue weighted by molar-refractivity contribution is -0.123. The van der Waals surface area contributed by atoms with Crippen LogP contribution in [-0.4, -0.2) is 32.6 Å². The third-order valence-electron chi connectivity index (χ3n) is 3.93. The molecule has 0 aromatic heterocycles. The highest BCUT2D eigenvalue weighted by Crippen LogP contribution is 2.27. The fourth-order valence-electron chi connectivity index (χ4n) is 2.56. The Morgan fingerprint density at radius 2 is 1.81 bits per heavy atom. The summed E-state index contributed by atoms with van der Waals surface area (Å²) in [7, 11) is 3.09. The number of methoxy groups -OCH3 is 2. The van der Waals surface area contributed by atoms with E-state index in [1.807, 2.05) is 12.1 Å². The summed E-state index contributed by atoms with van der Waals surface area (Å²) in [6.07, 6.45) is 0. The fraction of sp³-hybridized carbons (Fsp3) is 0.250. The van der Waals surface area contributed by atoms with Crippen molar-refractivity contribution in [2.24, 2.45) is 0 Å². The smallest absolute Gasteiger partial charge is 0.240 e. The van der Waals surface area contributed by atoms with Gasteiger partial charge >= 0.3 is 0 Å². The van der Waals surface area contributed by atoms with E-state index < -0.39 is 0 Å². The molecule has 0 atom stereocenters. The number of amides is 2. The van der Waals surface area contributed by atoms with Crippen LogP contribution < -0.4 is 19.7 Å². The number of benzene rings is 2. The molecule has 27 heavy (non-hydrogen) atoms. The van der Waals surface area contributed by atoms with Crippen LogP contribution >= 0.6 is 0 Å². The Bertz CT molecular complexity index is 874. The fourth-order valence-corrected chi connectivity index (χ4v) is 2.56. The quantitative estimate of drug-likeness (QED) is 0.810. The summed E-state index contributed by atoms with van der Waals surface area (Å²) in [5.41, 5.74) is 1.57. The minimum absolute atomic E-state index is 0.179. The molecule has 7 heteroatoms. The van der Waals surface area contributed by atoms with E-state index in [1.165, 1.54) is 18.9 Å². The summed E-state index contributed by atoms with van der Waals surface area (Å²) < 4.78 is 10.4. The Hall–Kier alpha value is -3.53. The summed E-state index contributed by atoms with van der Waals surface area (Å²) in [4.78, 5) is 25.6. The zero-order chi connectivity index (χ0) is 19.8. The SMILES string of the molecule is COc1ccc(CNC(=O)CN(C(C)=O)c2ccccc2C#N)cc1OC. The van der Waals surface area contributed by atoms with E-state index in [1.54, 1.807) is 43.5 Å². The van der Waals surface area contributed by atoms with Gasteiger partial charge in [0.2, 0.25) is 11.8 Å². The molecule has 2 aromatic rings. The summed E-state index contributed by atoms with van der Waals surface area (Å²) in [6, 6.07) is 14.0. The van der Waals surface area contributed by atoms with E-state index >= 15 is 0 Å². The second-order valence-electron chi connectivity index (χ2n) is 5.70. The van der Waals surface area contributed by atoms with Gasteiger partial charge in [0.15, 0.2) is 11.5 Å². The number of ether oxygens (including phenoxy) is 2. The van der Waals surface area contributed by atoms with Gasteiger partial charge in [-0.3, -0.25) is 9.59 Å². The van der Waals surface area contributed by atoms with E-state index in [2.05, 4.69) is 5.32 Å². The van der Waals surface area contributed by atoms with Gasteiger partial charge in [-0.05, 0) is 29.8 Å². The van der Waals surface area contributed by atoms with Crippen molar-refractivity contribution in [2.75, 3.05) is 25.7 Å². The molecule has 0 aliphatic heterocycles. The Morgan fingerprint density at radius 3 is 2.44 bits per heavy atom. The maximum atomic E-state index is 12.3. The van der Waals surface area contributed by atoms with Crippen LogP contribution in [0.15, 0.2) is 42.5 Å². The molecule has 0 saturated carbocycles. The van der Waals surface area contributed by atoms with E-state index in [0.29, 0.717) is 22.7 Å². The number of para-hydroxylation sites is 1. The van der Waals surface area contributed by atoms with E-state index in [0.717, 1.165) is 5.56 Å².